The van der Waals surface area contributed by atoms with Gasteiger partial charge in [0.2, 0.25) is 5.89 Å². The van der Waals surface area contributed by atoms with Crippen molar-refractivity contribution < 1.29 is 9.21 Å². The van der Waals surface area contributed by atoms with Crippen LogP contribution in [0.3, 0.4) is 0 Å². The molecule has 0 aliphatic heterocycles. The number of rotatable bonds is 5. The van der Waals surface area contributed by atoms with Crippen LogP contribution in [0, 0.1) is 0 Å². The molecule has 0 bridgehead atoms. The maximum atomic E-state index is 10.9. The maximum Gasteiger partial charge on any atom is 0.277 e. The molecule has 100 valence electrons. The van der Waals surface area contributed by atoms with Crippen molar-refractivity contribution in [2.45, 2.75) is 12.1 Å². The minimum absolute atomic E-state index is 0.0834. The average Bonchev–Trinajstić information content (AvgIpc) is 2.85. The minimum Gasteiger partial charge on any atom is -0.411 e. The predicted octanol–water partition coefficient (Wildman–Crippen LogP) is 2.48. The molecule has 0 fully saturated rings. The van der Waals surface area contributed by atoms with E-state index in [4.69, 9.17) is 4.42 Å². The highest BCUT2D eigenvalue weighted by Gasteiger charge is 2.09. The van der Waals surface area contributed by atoms with Gasteiger partial charge in [0.1, 0.15) is 5.78 Å². The van der Waals surface area contributed by atoms with Crippen molar-refractivity contribution in [3.05, 3.63) is 24.3 Å². The van der Waals surface area contributed by atoms with E-state index in [9.17, 15) is 4.79 Å². The van der Waals surface area contributed by atoms with Gasteiger partial charge < -0.3 is 9.32 Å². The van der Waals surface area contributed by atoms with Crippen molar-refractivity contribution in [2.75, 3.05) is 24.7 Å². The summed E-state index contributed by atoms with van der Waals surface area (Å²) in [6.45, 7) is 1.53. The number of carbonyl (C=O) groups excluding carboxylic acids is 1. The molecule has 2 rings (SSSR count). The largest absolute Gasteiger partial charge is 0.411 e. The molecule has 0 aliphatic carbocycles. The Morgan fingerprint density at radius 2 is 1.95 bits per heavy atom. The van der Waals surface area contributed by atoms with E-state index in [-0.39, 0.29) is 5.78 Å². The molecule has 1 heterocycles. The zero-order chi connectivity index (χ0) is 13.8. The third kappa shape index (κ3) is 3.57. The third-order valence-electron chi connectivity index (χ3n) is 2.44. The topological polar surface area (TPSA) is 59.2 Å². The standard InChI is InChI=1S/C13H15N3O2S/c1-9(17)8-19-13-15-14-12(18-13)10-4-6-11(7-5-10)16(2)3/h4-7H,8H2,1-3H3. The first-order valence-corrected chi connectivity index (χ1v) is 6.78. The van der Waals surface area contributed by atoms with Crippen LogP contribution in [-0.4, -0.2) is 35.8 Å². The van der Waals surface area contributed by atoms with Crippen molar-refractivity contribution in [1.29, 1.82) is 0 Å². The Hall–Kier alpha value is -1.82. The SMILES string of the molecule is CC(=O)CSc1nnc(-c2ccc(N(C)C)cc2)o1. The first-order valence-electron chi connectivity index (χ1n) is 5.80. The summed E-state index contributed by atoms with van der Waals surface area (Å²) in [6, 6.07) is 7.84. The van der Waals surface area contributed by atoms with Crippen LogP contribution in [-0.2, 0) is 4.79 Å². The number of thioether (sulfide) groups is 1. The number of nitrogens with zero attached hydrogens (tertiary/aromatic N) is 3. The summed E-state index contributed by atoms with van der Waals surface area (Å²) in [5.41, 5.74) is 1.97. The van der Waals surface area contributed by atoms with E-state index < -0.39 is 0 Å². The number of aromatic nitrogens is 2. The second-order valence-corrected chi connectivity index (χ2v) is 5.23. The number of ketones is 1. The van der Waals surface area contributed by atoms with Crippen molar-refractivity contribution in [3.63, 3.8) is 0 Å². The van der Waals surface area contributed by atoms with Crippen LogP contribution in [0.25, 0.3) is 11.5 Å². The molecule has 0 amide bonds. The number of hydrogen-bond donors (Lipinski definition) is 0. The lowest BCUT2D eigenvalue weighted by Gasteiger charge is -2.11. The van der Waals surface area contributed by atoms with Crippen LogP contribution in [0.2, 0.25) is 0 Å². The van der Waals surface area contributed by atoms with Gasteiger partial charge in [0, 0.05) is 25.3 Å². The monoisotopic (exact) mass is 277 g/mol. The van der Waals surface area contributed by atoms with Gasteiger partial charge in [-0.3, -0.25) is 4.79 Å². The van der Waals surface area contributed by atoms with Crippen molar-refractivity contribution in [1.82, 2.24) is 10.2 Å². The van der Waals surface area contributed by atoms with Gasteiger partial charge in [0.05, 0.1) is 5.75 Å². The fourth-order valence-corrected chi connectivity index (χ4v) is 2.01. The summed E-state index contributed by atoms with van der Waals surface area (Å²) in [4.78, 5) is 12.9. The summed E-state index contributed by atoms with van der Waals surface area (Å²) in [5.74, 6) is 0.901. The molecule has 0 saturated heterocycles. The molecule has 2 aromatic rings. The Kier molecular flexibility index (Phi) is 4.21. The van der Waals surface area contributed by atoms with Gasteiger partial charge in [0.15, 0.2) is 0 Å². The Bertz CT molecular complexity index is 564. The van der Waals surface area contributed by atoms with Gasteiger partial charge in [-0.1, -0.05) is 11.8 Å². The fourth-order valence-electron chi connectivity index (χ4n) is 1.45. The molecule has 1 aromatic heterocycles. The molecular formula is C13H15N3O2S. The molecule has 0 aliphatic rings. The van der Waals surface area contributed by atoms with Gasteiger partial charge in [-0.15, -0.1) is 10.2 Å². The first kappa shape index (κ1) is 13.6. The van der Waals surface area contributed by atoms with Crippen LogP contribution < -0.4 is 4.90 Å². The number of Topliss-reactive ketones (excluding diaryl/α,β-unsaturated/α-hetero) is 1. The molecule has 0 N–H and O–H groups in total. The summed E-state index contributed by atoms with van der Waals surface area (Å²) < 4.78 is 5.50. The van der Waals surface area contributed by atoms with E-state index in [1.165, 1.54) is 18.7 Å². The van der Waals surface area contributed by atoms with E-state index in [0.717, 1.165) is 11.3 Å². The minimum atomic E-state index is 0.0834. The second kappa shape index (κ2) is 5.88. The highest BCUT2D eigenvalue weighted by Crippen LogP contribution is 2.24. The summed E-state index contributed by atoms with van der Waals surface area (Å²) in [5, 5.41) is 8.30. The van der Waals surface area contributed by atoms with Crippen LogP contribution >= 0.6 is 11.8 Å². The normalized spacial score (nSPS) is 10.5. The average molecular weight is 277 g/mol. The highest BCUT2D eigenvalue weighted by molar-refractivity contribution is 7.99. The number of hydrogen-bond acceptors (Lipinski definition) is 6. The molecule has 0 spiro atoms. The van der Waals surface area contributed by atoms with Crippen LogP contribution in [0.4, 0.5) is 5.69 Å². The lowest BCUT2D eigenvalue weighted by atomic mass is 10.2. The van der Waals surface area contributed by atoms with Gasteiger partial charge in [-0.25, -0.2) is 0 Å². The van der Waals surface area contributed by atoms with E-state index >= 15 is 0 Å². The molecular weight excluding hydrogens is 262 g/mol. The zero-order valence-electron chi connectivity index (χ0n) is 11.1. The molecule has 0 atom stereocenters. The lowest BCUT2D eigenvalue weighted by molar-refractivity contribution is -0.114. The fraction of sp³-hybridized carbons (Fsp3) is 0.308. The van der Waals surface area contributed by atoms with Crippen LogP contribution in [0.1, 0.15) is 6.92 Å². The molecule has 0 unspecified atom stereocenters. The van der Waals surface area contributed by atoms with E-state index in [1.807, 2.05) is 43.3 Å². The third-order valence-corrected chi connectivity index (χ3v) is 3.40. The van der Waals surface area contributed by atoms with Crippen molar-refractivity contribution in [3.8, 4) is 11.5 Å². The van der Waals surface area contributed by atoms with Crippen molar-refractivity contribution >= 4 is 23.2 Å². The first-order chi connectivity index (χ1) is 9.06. The van der Waals surface area contributed by atoms with Crippen molar-refractivity contribution in [2.24, 2.45) is 0 Å². The van der Waals surface area contributed by atoms with E-state index in [2.05, 4.69) is 10.2 Å². The van der Waals surface area contributed by atoms with Crippen LogP contribution in [0.15, 0.2) is 33.9 Å². The van der Waals surface area contributed by atoms with E-state index in [0.29, 0.717) is 16.9 Å². The Morgan fingerprint density at radius 1 is 1.26 bits per heavy atom. The van der Waals surface area contributed by atoms with Gasteiger partial charge in [-0.2, -0.15) is 0 Å². The van der Waals surface area contributed by atoms with Gasteiger partial charge >= 0.3 is 0 Å². The summed E-state index contributed by atoms with van der Waals surface area (Å²) in [7, 11) is 3.97. The molecule has 0 radical (unpaired) electrons. The molecule has 6 heteroatoms. The molecule has 0 saturated carbocycles. The Labute approximate surface area is 116 Å². The maximum absolute atomic E-state index is 10.9. The quantitative estimate of drug-likeness (QED) is 0.783. The molecule has 19 heavy (non-hydrogen) atoms. The molecule has 1 aromatic carbocycles. The Balaban J connectivity index is 2.11. The number of benzene rings is 1. The van der Waals surface area contributed by atoms with Gasteiger partial charge in [-0.05, 0) is 31.2 Å². The number of anilines is 1. The molecule has 5 nitrogen and oxygen atoms in total. The van der Waals surface area contributed by atoms with Gasteiger partial charge in [0.25, 0.3) is 5.22 Å². The highest BCUT2D eigenvalue weighted by atomic mass is 32.2. The second-order valence-electron chi connectivity index (χ2n) is 4.31. The van der Waals surface area contributed by atoms with Crippen LogP contribution in [0.5, 0.6) is 0 Å². The Morgan fingerprint density at radius 3 is 2.53 bits per heavy atom. The number of carbonyl (C=O) groups is 1. The summed E-state index contributed by atoms with van der Waals surface area (Å²) in [6.07, 6.45) is 0. The summed E-state index contributed by atoms with van der Waals surface area (Å²) >= 11 is 1.25. The zero-order valence-corrected chi connectivity index (χ0v) is 11.9. The lowest BCUT2D eigenvalue weighted by Crippen LogP contribution is -2.07. The van der Waals surface area contributed by atoms with E-state index in [1.54, 1.807) is 0 Å². The smallest absolute Gasteiger partial charge is 0.277 e. The predicted molar refractivity (Wildman–Crippen MR) is 75.5 cm³/mol.